The van der Waals surface area contributed by atoms with Crippen molar-refractivity contribution < 1.29 is 18.7 Å². The molecule has 2 amide bonds. The summed E-state index contributed by atoms with van der Waals surface area (Å²) in [5.74, 6) is -0.0452. The number of amides is 2. The molecule has 2 aromatic carbocycles. The lowest BCUT2D eigenvalue weighted by molar-refractivity contribution is -0.123. The van der Waals surface area contributed by atoms with Crippen LogP contribution in [0.3, 0.4) is 0 Å². The number of rotatable bonds is 8. The number of alkyl carbamates (subject to hydrolysis) is 1. The van der Waals surface area contributed by atoms with Crippen molar-refractivity contribution in [1.82, 2.24) is 15.5 Å². The van der Waals surface area contributed by atoms with E-state index in [1.807, 2.05) is 18.2 Å². The Morgan fingerprint density at radius 1 is 1.12 bits per heavy atom. The van der Waals surface area contributed by atoms with Gasteiger partial charge in [-0.1, -0.05) is 35.9 Å². The molecule has 0 radical (unpaired) electrons. The summed E-state index contributed by atoms with van der Waals surface area (Å²) in [6.45, 7) is 3.01. The topological polar surface area (TPSA) is 70.7 Å². The van der Waals surface area contributed by atoms with Crippen LogP contribution in [0.25, 0.3) is 11.1 Å². The van der Waals surface area contributed by atoms with Crippen LogP contribution in [0, 0.1) is 11.7 Å². The van der Waals surface area contributed by atoms with Crippen molar-refractivity contribution in [1.29, 1.82) is 0 Å². The Hall–Kier alpha value is -2.64. The normalized spacial score (nSPS) is 14.7. The number of piperidine rings is 1. The average Bonchev–Trinajstić information content (AvgIpc) is 2.80. The molecule has 32 heavy (non-hydrogen) atoms. The van der Waals surface area contributed by atoms with E-state index in [0.717, 1.165) is 55.6 Å². The van der Waals surface area contributed by atoms with E-state index in [0.29, 0.717) is 17.5 Å². The first-order chi connectivity index (χ1) is 15.4. The van der Waals surface area contributed by atoms with Gasteiger partial charge in [-0.3, -0.25) is 9.69 Å². The summed E-state index contributed by atoms with van der Waals surface area (Å²) < 4.78 is 18.0. The largest absolute Gasteiger partial charge is 0.439 e. The summed E-state index contributed by atoms with van der Waals surface area (Å²) in [5.41, 5.74) is 2.99. The maximum atomic E-state index is 13.1. The molecule has 0 unspecified atom stereocenters. The number of likely N-dealkylation sites (tertiary alicyclic amines) is 1. The third kappa shape index (κ3) is 7.21. The van der Waals surface area contributed by atoms with Gasteiger partial charge in [0.2, 0.25) is 0 Å². The second-order valence-corrected chi connectivity index (χ2v) is 8.40. The molecule has 0 atom stereocenters. The number of carbonyl (C=O) groups is 2. The second kappa shape index (κ2) is 11.8. The van der Waals surface area contributed by atoms with Gasteiger partial charge in [0, 0.05) is 25.2 Å². The standard InChI is InChI=1S/C24H29ClFN3O3/c1-27-23(30)16-32-24(31)28-11-8-17-9-12-29(13-10-17)15-20-3-2-19(14-22(20)25)18-4-6-21(26)7-5-18/h2-7,14,17H,8-13,15-16H2,1H3,(H,27,30)(H,28,31). The lowest BCUT2D eigenvalue weighted by atomic mass is 9.93. The summed E-state index contributed by atoms with van der Waals surface area (Å²) >= 11 is 6.53. The number of ether oxygens (including phenoxy) is 1. The van der Waals surface area contributed by atoms with E-state index in [-0.39, 0.29) is 18.3 Å². The molecule has 1 aliphatic heterocycles. The zero-order valence-electron chi connectivity index (χ0n) is 18.2. The number of nitrogens with zero attached hydrogens (tertiary/aromatic N) is 1. The fourth-order valence-electron chi connectivity index (χ4n) is 3.80. The van der Waals surface area contributed by atoms with Gasteiger partial charge in [-0.05, 0) is 73.2 Å². The molecule has 0 aromatic heterocycles. The third-order valence-electron chi connectivity index (χ3n) is 5.77. The lowest BCUT2D eigenvalue weighted by Gasteiger charge is -2.32. The molecule has 1 fully saturated rings. The molecule has 0 saturated carbocycles. The molecule has 0 spiro atoms. The molecule has 172 valence electrons. The minimum atomic E-state index is -0.565. The van der Waals surface area contributed by atoms with Crippen molar-refractivity contribution in [3.05, 3.63) is 58.9 Å². The Labute approximate surface area is 193 Å². The number of likely N-dealkylation sites (N-methyl/N-ethyl adjacent to an activating group) is 1. The highest BCUT2D eigenvalue weighted by molar-refractivity contribution is 6.31. The van der Waals surface area contributed by atoms with Crippen molar-refractivity contribution in [2.75, 3.05) is 33.3 Å². The van der Waals surface area contributed by atoms with Gasteiger partial charge >= 0.3 is 6.09 Å². The SMILES string of the molecule is CNC(=O)COC(=O)NCCC1CCN(Cc2ccc(-c3ccc(F)cc3)cc2Cl)CC1. The van der Waals surface area contributed by atoms with Crippen LogP contribution >= 0.6 is 11.6 Å². The fraction of sp³-hybridized carbons (Fsp3) is 0.417. The quantitative estimate of drug-likeness (QED) is 0.617. The van der Waals surface area contributed by atoms with Crippen molar-refractivity contribution in [3.8, 4) is 11.1 Å². The van der Waals surface area contributed by atoms with E-state index in [9.17, 15) is 14.0 Å². The number of hydrogen-bond acceptors (Lipinski definition) is 4. The highest BCUT2D eigenvalue weighted by Crippen LogP contribution is 2.28. The lowest BCUT2D eigenvalue weighted by Crippen LogP contribution is -2.35. The van der Waals surface area contributed by atoms with Crippen molar-refractivity contribution in [2.24, 2.45) is 5.92 Å². The van der Waals surface area contributed by atoms with E-state index in [1.54, 1.807) is 12.1 Å². The maximum Gasteiger partial charge on any atom is 0.407 e. The van der Waals surface area contributed by atoms with Crippen LogP contribution in [0.5, 0.6) is 0 Å². The van der Waals surface area contributed by atoms with Crippen molar-refractivity contribution in [2.45, 2.75) is 25.8 Å². The molecule has 1 saturated heterocycles. The van der Waals surface area contributed by atoms with Gasteiger partial charge in [0.25, 0.3) is 5.91 Å². The predicted octanol–water partition coefficient (Wildman–Crippen LogP) is 4.22. The van der Waals surface area contributed by atoms with Crippen molar-refractivity contribution >= 4 is 23.6 Å². The Morgan fingerprint density at radius 2 is 1.81 bits per heavy atom. The summed E-state index contributed by atoms with van der Waals surface area (Å²) in [6, 6.07) is 12.4. The van der Waals surface area contributed by atoms with Gasteiger partial charge in [-0.2, -0.15) is 0 Å². The summed E-state index contributed by atoms with van der Waals surface area (Å²) in [5, 5.41) is 5.81. The molecule has 3 rings (SSSR count). The Kier molecular flexibility index (Phi) is 8.88. The minimum absolute atomic E-state index is 0.253. The number of hydrogen-bond donors (Lipinski definition) is 2. The van der Waals surface area contributed by atoms with Gasteiger partial charge in [-0.25, -0.2) is 9.18 Å². The Morgan fingerprint density at radius 3 is 2.47 bits per heavy atom. The molecule has 2 N–H and O–H groups in total. The first-order valence-corrected chi connectivity index (χ1v) is 11.2. The summed E-state index contributed by atoms with van der Waals surface area (Å²) in [4.78, 5) is 25.0. The zero-order chi connectivity index (χ0) is 22.9. The first-order valence-electron chi connectivity index (χ1n) is 10.8. The van der Waals surface area contributed by atoms with Crippen LogP contribution < -0.4 is 10.6 Å². The predicted molar refractivity (Wildman–Crippen MR) is 123 cm³/mol. The number of nitrogens with one attached hydrogen (secondary N) is 2. The van der Waals surface area contributed by atoms with Gasteiger partial charge in [0.1, 0.15) is 5.82 Å². The summed E-state index contributed by atoms with van der Waals surface area (Å²) in [6.07, 6.45) is 2.43. The number of carbonyl (C=O) groups excluding carboxylic acids is 2. The van der Waals surface area contributed by atoms with Gasteiger partial charge < -0.3 is 15.4 Å². The molecule has 0 aliphatic carbocycles. The van der Waals surface area contributed by atoms with Gasteiger partial charge in [-0.15, -0.1) is 0 Å². The Balaban J connectivity index is 1.40. The van der Waals surface area contributed by atoms with Crippen LogP contribution in [-0.4, -0.2) is 50.2 Å². The molecule has 6 nitrogen and oxygen atoms in total. The van der Waals surface area contributed by atoms with Crippen LogP contribution in [0.15, 0.2) is 42.5 Å². The number of halogens is 2. The van der Waals surface area contributed by atoms with E-state index < -0.39 is 6.09 Å². The smallest absolute Gasteiger partial charge is 0.407 e. The molecule has 1 heterocycles. The minimum Gasteiger partial charge on any atom is -0.439 e. The molecular weight excluding hydrogens is 433 g/mol. The second-order valence-electron chi connectivity index (χ2n) is 8.00. The maximum absolute atomic E-state index is 13.1. The first kappa shape index (κ1) is 24.0. The highest BCUT2D eigenvalue weighted by atomic mass is 35.5. The molecule has 8 heteroatoms. The molecular formula is C24H29ClFN3O3. The molecule has 2 aromatic rings. The van der Waals surface area contributed by atoms with Crippen LogP contribution in [0.2, 0.25) is 5.02 Å². The Bertz CT molecular complexity index is 915. The van der Waals surface area contributed by atoms with Crippen LogP contribution in [-0.2, 0) is 16.1 Å². The van der Waals surface area contributed by atoms with E-state index >= 15 is 0 Å². The third-order valence-corrected chi connectivity index (χ3v) is 6.12. The number of benzene rings is 2. The monoisotopic (exact) mass is 461 g/mol. The zero-order valence-corrected chi connectivity index (χ0v) is 19.0. The van der Waals surface area contributed by atoms with Gasteiger partial charge in [0.05, 0.1) is 0 Å². The fourth-order valence-corrected chi connectivity index (χ4v) is 4.04. The van der Waals surface area contributed by atoms with Crippen LogP contribution in [0.4, 0.5) is 9.18 Å². The molecule has 0 bridgehead atoms. The van der Waals surface area contributed by atoms with Crippen molar-refractivity contribution in [3.63, 3.8) is 0 Å². The molecule has 1 aliphatic rings. The van der Waals surface area contributed by atoms with E-state index in [1.165, 1.54) is 19.2 Å². The van der Waals surface area contributed by atoms with E-state index in [2.05, 4.69) is 15.5 Å². The average molecular weight is 462 g/mol. The van der Waals surface area contributed by atoms with E-state index in [4.69, 9.17) is 16.3 Å². The highest BCUT2D eigenvalue weighted by Gasteiger charge is 2.20. The van der Waals surface area contributed by atoms with Gasteiger partial charge in [0.15, 0.2) is 6.61 Å². The van der Waals surface area contributed by atoms with Crippen LogP contribution in [0.1, 0.15) is 24.8 Å². The summed E-state index contributed by atoms with van der Waals surface area (Å²) in [7, 11) is 1.49.